The summed E-state index contributed by atoms with van der Waals surface area (Å²) < 4.78 is 18.1. The molecule has 1 aromatic carbocycles. The highest BCUT2D eigenvalue weighted by Gasteiger charge is 2.29. The van der Waals surface area contributed by atoms with Crippen molar-refractivity contribution in [1.82, 2.24) is 19.9 Å². The summed E-state index contributed by atoms with van der Waals surface area (Å²) in [6.07, 6.45) is 4.62. The van der Waals surface area contributed by atoms with Gasteiger partial charge in [0.05, 0.1) is 31.9 Å². The van der Waals surface area contributed by atoms with Crippen LogP contribution in [0.4, 0.5) is 5.69 Å². The molecule has 1 fully saturated rings. The van der Waals surface area contributed by atoms with Gasteiger partial charge in [0.25, 0.3) is 0 Å². The molecule has 0 bridgehead atoms. The molecule has 8 heteroatoms. The third-order valence-corrected chi connectivity index (χ3v) is 5.60. The fourth-order valence-corrected chi connectivity index (χ4v) is 3.98. The Morgan fingerprint density at radius 3 is 2.78 bits per heavy atom. The first-order chi connectivity index (χ1) is 15.7. The van der Waals surface area contributed by atoms with Crippen molar-refractivity contribution < 1.29 is 14.0 Å². The van der Waals surface area contributed by atoms with Crippen LogP contribution in [0.5, 0.6) is 5.75 Å². The molecule has 5 rings (SSSR count). The first-order valence-corrected chi connectivity index (χ1v) is 11.3. The lowest BCUT2D eigenvalue weighted by Gasteiger charge is -2.21. The number of hydrogen-bond donors (Lipinski definition) is 1. The zero-order valence-electron chi connectivity index (χ0n) is 19.4. The molecule has 1 saturated heterocycles. The minimum absolute atomic E-state index is 0.208. The van der Waals surface area contributed by atoms with Gasteiger partial charge in [0.15, 0.2) is 5.82 Å². The lowest BCUT2D eigenvalue weighted by molar-refractivity contribution is -0.00445. The predicted octanol–water partition coefficient (Wildman–Crippen LogP) is 4.80. The number of aryl methyl sites for hydroxylation is 1. The van der Waals surface area contributed by atoms with E-state index in [0.29, 0.717) is 31.3 Å². The van der Waals surface area contributed by atoms with Gasteiger partial charge in [0.2, 0.25) is 5.89 Å². The van der Waals surface area contributed by atoms with E-state index < -0.39 is 0 Å². The molecule has 2 aromatic heterocycles. The van der Waals surface area contributed by atoms with Crippen molar-refractivity contribution >= 4 is 11.3 Å². The Labute approximate surface area is 188 Å². The standard InChI is InChI=1S/C22H25N5O3.C2H6/c1-4-5-16(21-24-22(30-26-21)14-11-29-12-14)19-8-13-10-27(2)25-20(13)17-9-15(28-3)6-7-18(17)23-19;1-2/h6-7,9-10,14,23H,4-5,8,11-12H2,1-3H3;1-2H3/b19-16+;. The summed E-state index contributed by atoms with van der Waals surface area (Å²) in [5.74, 6) is 2.33. The Bertz CT molecular complexity index is 1110. The molecule has 2 aliphatic rings. The summed E-state index contributed by atoms with van der Waals surface area (Å²) in [5.41, 5.74) is 6.28. The van der Waals surface area contributed by atoms with Crippen molar-refractivity contribution in [2.45, 2.75) is 46.0 Å². The summed E-state index contributed by atoms with van der Waals surface area (Å²) in [6, 6.07) is 6.02. The Morgan fingerprint density at radius 2 is 2.09 bits per heavy atom. The lowest BCUT2D eigenvalue weighted by Crippen LogP contribution is -2.25. The normalized spacial score (nSPS) is 16.5. The predicted molar refractivity (Wildman–Crippen MR) is 124 cm³/mol. The molecule has 3 aromatic rings. The Kier molecular flexibility index (Phi) is 6.60. The maximum absolute atomic E-state index is 5.56. The van der Waals surface area contributed by atoms with Crippen LogP contribution in [0.2, 0.25) is 0 Å². The van der Waals surface area contributed by atoms with Crippen LogP contribution in [-0.4, -0.2) is 40.2 Å². The second-order valence-corrected chi connectivity index (χ2v) is 7.79. The first kappa shape index (κ1) is 22.1. The average Bonchev–Trinajstić information content (AvgIpc) is 3.35. The molecule has 2 aliphatic heterocycles. The Morgan fingerprint density at radius 1 is 1.28 bits per heavy atom. The number of nitrogens with one attached hydrogen (secondary N) is 1. The topological polar surface area (TPSA) is 87.2 Å². The lowest BCUT2D eigenvalue weighted by atomic mass is 10.0. The van der Waals surface area contributed by atoms with E-state index in [1.807, 2.05) is 43.8 Å². The summed E-state index contributed by atoms with van der Waals surface area (Å²) in [5, 5.41) is 12.7. The minimum atomic E-state index is 0.208. The Balaban J connectivity index is 0.00000119. The van der Waals surface area contributed by atoms with Gasteiger partial charge in [-0.05, 0) is 24.6 Å². The van der Waals surface area contributed by atoms with Crippen molar-refractivity contribution in [2.75, 3.05) is 25.6 Å². The number of ether oxygens (including phenoxy) is 2. The van der Waals surface area contributed by atoms with Gasteiger partial charge in [0, 0.05) is 47.7 Å². The quantitative estimate of drug-likeness (QED) is 0.613. The fourth-order valence-electron chi connectivity index (χ4n) is 3.98. The SMILES string of the molecule is CC.CCC/C(=C1/Cc2cn(C)nc2-c2cc(OC)ccc2N1)c1noc(C2COC2)n1. The van der Waals surface area contributed by atoms with Gasteiger partial charge in [-0.2, -0.15) is 10.1 Å². The van der Waals surface area contributed by atoms with Gasteiger partial charge in [-0.25, -0.2) is 0 Å². The molecule has 170 valence electrons. The fraction of sp³-hybridized carbons (Fsp3) is 0.458. The molecular weight excluding hydrogens is 406 g/mol. The molecular formula is C24H31N5O3. The third-order valence-electron chi connectivity index (χ3n) is 5.60. The molecule has 4 heterocycles. The highest BCUT2D eigenvalue weighted by Crippen LogP contribution is 2.39. The molecule has 32 heavy (non-hydrogen) atoms. The van der Waals surface area contributed by atoms with Crippen molar-refractivity contribution in [3.63, 3.8) is 0 Å². The number of anilines is 1. The maximum atomic E-state index is 5.56. The van der Waals surface area contributed by atoms with Crippen LogP contribution >= 0.6 is 0 Å². The number of nitrogens with zero attached hydrogens (tertiary/aromatic N) is 4. The van der Waals surface area contributed by atoms with Crippen molar-refractivity contribution in [3.8, 4) is 17.0 Å². The zero-order chi connectivity index (χ0) is 22.7. The van der Waals surface area contributed by atoms with Crippen molar-refractivity contribution in [1.29, 1.82) is 0 Å². The molecule has 0 radical (unpaired) electrons. The summed E-state index contributed by atoms with van der Waals surface area (Å²) >= 11 is 0. The average molecular weight is 438 g/mol. The molecule has 0 aliphatic carbocycles. The van der Waals surface area contributed by atoms with E-state index in [0.717, 1.165) is 52.4 Å². The highest BCUT2D eigenvalue weighted by atomic mass is 16.5. The summed E-state index contributed by atoms with van der Waals surface area (Å²) in [7, 11) is 3.63. The molecule has 0 saturated carbocycles. The van der Waals surface area contributed by atoms with E-state index in [-0.39, 0.29) is 5.92 Å². The van der Waals surface area contributed by atoms with E-state index in [1.165, 1.54) is 0 Å². The van der Waals surface area contributed by atoms with E-state index in [2.05, 4.69) is 23.6 Å². The van der Waals surface area contributed by atoms with Gasteiger partial charge in [-0.15, -0.1) is 0 Å². The number of methoxy groups -OCH3 is 1. The number of fused-ring (bicyclic) bond motifs is 3. The smallest absolute Gasteiger partial charge is 0.234 e. The van der Waals surface area contributed by atoms with Crippen LogP contribution in [0.25, 0.3) is 16.8 Å². The van der Waals surface area contributed by atoms with E-state index in [4.69, 9.17) is 24.1 Å². The van der Waals surface area contributed by atoms with Crippen LogP contribution in [0.3, 0.4) is 0 Å². The van der Waals surface area contributed by atoms with Crippen LogP contribution in [0.1, 0.15) is 56.8 Å². The molecule has 0 atom stereocenters. The molecule has 0 unspecified atom stereocenters. The number of rotatable bonds is 5. The largest absolute Gasteiger partial charge is 0.497 e. The van der Waals surface area contributed by atoms with Crippen LogP contribution < -0.4 is 10.1 Å². The second kappa shape index (κ2) is 9.56. The molecule has 1 N–H and O–H groups in total. The Hall–Kier alpha value is -3.13. The third kappa shape index (κ3) is 4.14. The summed E-state index contributed by atoms with van der Waals surface area (Å²) in [6.45, 7) is 7.45. The van der Waals surface area contributed by atoms with Gasteiger partial charge in [-0.3, -0.25) is 4.68 Å². The van der Waals surface area contributed by atoms with Crippen LogP contribution in [-0.2, 0) is 18.2 Å². The second-order valence-electron chi connectivity index (χ2n) is 7.79. The van der Waals surface area contributed by atoms with Crippen molar-refractivity contribution in [3.05, 3.63) is 47.4 Å². The van der Waals surface area contributed by atoms with E-state index in [1.54, 1.807) is 7.11 Å². The molecule has 0 amide bonds. The minimum Gasteiger partial charge on any atom is -0.497 e. The number of aromatic nitrogens is 4. The molecule has 8 nitrogen and oxygen atoms in total. The number of benzene rings is 1. The van der Waals surface area contributed by atoms with Crippen LogP contribution in [0.15, 0.2) is 34.6 Å². The highest BCUT2D eigenvalue weighted by molar-refractivity contribution is 5.84. The van der Waals surface area contributed by atoms with Crippen molar-refractivity contribution in [2.24, 2.45) is 7.05 Å². The molecule has 0 spiro atoms. The number of hydrogen-bond acceptors (Lipinski definition) is 7. The van der Waals surface area contributed by atoms with Gasteiger partial charge in [0.1, 0.15) is 5.75 Å². The summed E-state index contributed by atoms with van der Waals surface area (Å²) in [4.78, 5) is 4.71. The first-order valence-electron chi connectivity index (χ1n) is 11.3. The number of allylic oxidation sites excluding steroid dienone is 2. The monoisotopic (exact) mass is 437 g/mol. The van der Waals surface area contributed by atoms with Gasteiger partial charge < -0.3 is 19.3 Å². The van der Waals surface area contributed by atoms with Gasteiger partial charge >= 0.3 is 0 Å². The van der Waals surface area contributed by atoms with E-state index >= 15 is 0 Å². The van der Waals surface area contributed by atoms with Gasteiger partial charge in [-0.1, -0.05) is 32.3 Å². The zero-order valence-corrected chi connectivity index (χ0v) is 19.4. The maximum Gasteiger partial charge on any atom is 0.234 e. The van der Waals surface area contributed by atoms with E-state index in [9.17, 15) is 0 Å². The van der Waals surface area contributed by atoms with Crippen LogP contribution in [0, 0.1) is 0 Å².